The average Bonchev–Trinajstić information content (AvgIpc) is 1.99. The summed E-state index contributed by atoms with van der Waals surface area (Å²) in [5.74, 6) is -1.82. The summed E-state index contributed by atoms with van der Waals surface area (Å²) in [6, 6.07) is 0. The topological polar surface area (TPSA) is 139 Å². The number of nitrogens with one attached hydrogen (secondary N) is 1. The van der Waals surface area contributed by atoms with Gasteiger partial charge in [0.15, 0.2) is 0 Å². The highest BCUT2D eigenvalue weighted by Gasteiger charge is 2.25. The fourth-order valence-corrected chi connectivity index (χ4v) is 1.22. The molecule has 0 unspecified atom stereocenters. The van der Waals surface area contributed by atoms with Crippen LogP contribution in [0.2, 0.25) is 0 Å². The molecule has 1 rings (SSSR count). The molecule has 8 heteroatoms. The molecular weight excluding hydrogens is 206 g/mol. The van der Waals surface area contributed by atoms with Gasteiger partial charge in [0, 0.05) is 0 Å². The Morgan fingerprint density at radius 2 is 2.13 bits per heavy atom. The Bertz CT molecular complexity index is 504. The standard InChI is InChI=1S/C7H7N3O5/c1-2-3(5(8)11)6(12)9-7(13)4(2)10(14)15/h1H3,(H2,8,11)(H2,9,12,13). The molecule has 8 nitrogen and oxygen atoms in total. The second kappa shape index (κ2) is 3.40. The van der Waals surface area contributed by atoms with Gasteiger partial charge in [0.1, 0.15) is 5.56 Å². The van der Waals surface area contributed by atoms with Crippen molar-refractivity contribution in [3.05, 3.63) is 31.6 Å². The van der Waals surface area contributed by atoms with Gasteiger partial charge in [0.25, 0.3) is 5.91 Å². The van der Waals surface area contributed by atoms with E-state index < -0.39 is 33.5 Å². The lowest BCUT2D eigenvalue weighted by Crippen LogP contribution is -2.20. The van der Waals surface area contributed by atoms with Crippen LogP contribution in [0.25, 0.3) is 0 Å². The first-order valence-electron chi connectivity index (χ1n) is 3.76. The fourth-order valence-electron chi connectivity index (χ4n) is 1.22. The Morgan fingerprint density at radius 3 is 2.53 bits per heavy atom. The summed E-state index contributed by atoms with van der Waals surface area (Å²) < 4.78 is 0. The van der Waals surface area contributed by atoms with Crippen molar-refractivity contribution in [1.29, 1.82) is 0 Å². The maximum Gasteiger partial charge on any atom is 0.337 e. The molecule has 0 atom stereocenters. The van der Waals surface area contributed by atoms with Gasteiger partial charge < -0.3 is 10.8 Å². The quantitative estimate of drug-likeness (QED) is 0.444. The Morgan fingerprint density at radius 1 is 1.60 bits per heavy atom. The third kappa shape index (κ3) is 1.64. The summed E-state index contributed by atoms with van der Waals surface area (Å²) in [6.07, 6.45) is 0. The number of hydrogen-bond acceptors (Lipinski definition) is 5. The molecule has 0 spiro atoms. The van der Waals surface area contributed by atoms with Crippen LogP contribution in [0.4, 0.5) is 5.69 Å². The Balaban J connectivity index is 3.72. The van der Waals surface area contributed by atoms with E-state index in [2.05, 4.69) is 0 Å². The predicted molar refractivity (Wildman–Crippen MR) is 48.6 cm³/mol. The highest BCUT2D eigenvalue weighted by atomic mass is 16.6. The fraction of sp³-hybridized carbons (Fsp3) is 0.143. The second-order valence-electron chi connectivity index (χ2n) is 2.77. The number of nitrogens with two attached hydrogens (primary N) is 1. The summed E-state index contributed by atoms with van der Waals surface area (Å²) in [5.41, 5.74) is 2.29. The minimum atomic E-state index is -1.08. The molecule has 0 aromatic carbocycles. The maximum atomic E-state index is 11.1. The summed E-state index contributed by atoms with van der Waals surface area (Å²) in [4.78, 5) is 33.2. The van der Waals surface area contributed by atoms with E-state index in [-0.39, 0.29) is 5.56 Å². The van der Waals surface area contributed by atoms with Gasteiger partial charge in [0.05, 0.1) is 10.5 Å². The third-order valence-electron chi connectivity index (χ3n) is 1.84. The van der Waals surface area contributed by atoms with E-state index in [0.29, 0.717) is 0 Å². The van der Waals surface area contributed by atoms with E-state index in [4.69, 9.17) is 10.8 Å². The van der Waals surface area contributed by atoms with E-state index in [0.717, 1.165) is 6.92 Å². The molecule has 0 saturated heterocycles. The van der Waals surface area contributed by atoms with Gasteiger partial charge in [-0.2, -0.15) is 0 Å². The number of carbonyl (C=O) groups excluding carboxylic acids is 1. The van der Waals surface area contributed by atoms with Gasteiger partial charge >= 0.3 is 11.2 Å². The number of rotatable bonds is 2. The van der Waals surface area contributed by atoms with Crippen LogP contribution in [-0.2, 0) is 0 Å². The Labute approximate surface area is 82.5 Å². The van der Waals surface area contributed by atoms with Crippen LogP contribution in [0.5, 0.6) is 5.88 Å². The van der Waals surface area contributed by atoms with Crippen molar-refractivity contribution in [3.63, 3.8) is 0 Å². The summed E-state index contributed by atoms with van der Waals surface area (Å²) in [7, 11) is 0. The SMILES string of the molecule is Cc1c(C(N)=O)c(O)[nH]c(=O)c1[N+](=O)[O-]. The zero-order chi connectivity index (χ0) is 11.7. The molecule has 0 aliphatic carbocycles. The number of nitrogens with zero attached hydrogens (tertiary/aromatic N) is 1. The van der Waals surface area contributed by atoms with Crippen molar-refractivity contribution < 1.29 is 14.8 Å². The van der Waals surface area contributed by atoms with Gasteiger partial charge in [-0.3, -0.25) is 24.7 Å². The van der Waals surface area contributed by atoms with E-state index in [1.807, 2.05) is 0 Å². The first-order valence-corrected chi connectivity index (χ1v) is 3.76. The Kier molecular flexibility index (Phi) is 2.43. The molecular formula is C7H7N3O5. The van der Waals surface area contributed by atoms with Gasteiger partial charge in [0.2, 0.25) is 5.88 Å². The summed E-state index contributed by atoms with van der Waals surface area (Å²) >= 11 is 0. The Hall–Kier alpha value is -2.38. The molecule has 4 N–H and O–H groups in total. The molecule has 1 amide bonds. The molecule has 0 radical (unpaired) electrons. The highest BCUT2D eigenvalue weighted by molar-refractivity contribution is 5.97. The van der Waals surface area contributed by atoms with E-state index in [1.54, 1.807) is 4.98 Å². The minimum Gasteiger partial charge on any atom is -0.494 e. The molecule has 80 valence electrons. The number of hydrogen-bond donors (Lipinski definition) is 3. The van der Waals surface area contributed by atoms with Crippen LogP contribution >= 0.6 is 0 Å². The van der Waals surface area contributed by atoms with E-state index >= 15 is 0 Å². The van der Waals surface area contributed by atoms with Crippen molar-refractivity contribution in [3.8, 4) is 5.88 Å². The predicted octanol–water partition coefficient (Wildman–Crippen LogP) is -0.604. The monoisotopic (exact) mass is 213 g/mol. The molecule has 1 heterocycles. The van der Waals surface area contributed by atoms with E-state index in [1.165, 1.54) is 0 Å². The van der Waals surface area contributed by atoms with Gasteiger partial charge in [-0.25, -0.2) is 0 Å². The van der Waals surface area contributed by atoms with Crippen molar-refractivity contribution in [2.75, 3.05) is 0 Å². The molecule has 0 aliphatic rings. The van der Waals surface area contributed by atoms with Gasteiger partial charge in [-0.15, -0.1) is 0 Å². The number of nitro groups is 1. The zero-order valence-electron chi connectivity index (χ0n) is 7.60. The third-order valence-corrected chi connectivity index (χ3v) is 1.84. The second-order valence-corrected chi connectivity index (χ2v) is 2.77. The molecule has 1 aromatic heterocycles. The molecule has 0 fully saturated rings. The largest absolute Gasteiger partial charge is 0.494 e. The van der Waals surface area contributed by atoms with Gasteiger partial charge in [-0.05, 0) is 6.92 Å². The number of amides is 1. The van der Waals surface area contributed by atoms with Crippen LogP contribution < -0.4 is 11.3 Å². The van der Waals surface area contributed by atoms with Crippen LogP contribution in [0.1, 0.15) is 15.9 Å². The molecule has 15 heavy (non-hydrogen) atoms. The van der Waals surface area contributed by atoms with Crippen LogP contribution in [0.3, 0.4) is 0 Å². The van der Waals surface area contributed by atoms with Crippen LogP contribution in [0, 0.1) is 17.0 Å². The number of aromatic amines is 1. The average molecular weight is 213 g/mol. The minimum absolute atomic E-state index is 0.256. The van der Waals surface area contributed by atoms with Crippen LogP contribution in [-0.4, -0.2) is 20.9 Å². The smallest absolute Gasteiger partial charge is 0.337 e. The first kappa shape index (κ1) is 10.7. The lowest BCUT2D eigenvalue weighted by molar-refractivity contribution is -0.386. The van der Waals surface area contributed by atoms with E-state index in [9.17, 15) is 19.7 Å². The van der Waals surface area contributed by atoms with Crippen LogP contribution in [0.15, 0.2) is 4.79 Å². The van der Waals surface area contributed by atoms with Gasteiger partial charge in [-0.1, -0.05) is 0 Å². The van der Waals surface area contributed by atoms with Crippen molar-refractivity contribution in [2.24, 2.45) is 5.73 Å². The number of primary amides is 1. The van der Waals surface area contributed by atoms with Crippen molar-refractivity contribution in [1.82, 2.24) is 4.98 Å². The number of aromatic hydroxyl groups is 1. The number of H-pyrrole nitrogens is 1. The maximum absolute atomic E-state index is 11.1. The summed E-state index contributed by atoms with van der Waals surface area (Å²) in [6.45, 7) is 1.16. The highest BCUT2D eigenvalue weighted by Crippen LogP contribution is 2.22. The molecule has 0 saturated carbocycles. The first-order chi connectivity index (χ1) is 6.86. The molecule has 0 bridgehead atoms. The normalized spacial score (nSPS) is 9.93. The lowest BCUT2D eigenvalue weighted by Gasteiger charge is -2.03. The van der Waals surface area contributed by atoms with Crippen molar-refractivity contribution >= 4 is 11.6 Å². The molecule has 1 aromatic rings. The lowest BCUT2D eigenvalue weighted by atomic mass is 10.1. The number of carbonyl (C=O) groups is 1. The number of pyridine rings is 1. The summed E-state index contributed by atoms with van der Waals surface area (Å²) in [5, 5.41) is 19.7. The zero-order valence-corrected chi connectivity index (χ0v) is 7.60. The van der Waals surface area contributed by atoms with Crippen molar-refractivity contribution in [2.45, 2.75) is 6.92 Å². The molecule has 0 aliphatic heterocycles. The number of aromatic nitrogens is 1.